The van der Waals surface area contributed by atoms with E-state index in [1.807, 2.05) is 0 Å². The van der Waals surface area contributed by atoms with E-state index in [2.05, 4.69) is 15.9 Å². The molecule has 0 aliphatic rings. The molecule has 0 saturated carbocycles. The average molecular weight is 383 g/mol. The first-order chi connectivity index (χ1) is 9.36. The Balaban J connectivity index is 2.43. The van der Waals surface area contributed by atoms with Crippen LogP contribution in [0.15, 0.2) is 44.3 Å². The zero-order chi connectivity index (χ0) is 14.9. The highest BCUT2D eigenvalue weighted by Gasteiger charge is 2.27. The number of hydrogen-bond acceptors (Lipinski definition) is 3. The Labute approximate surface area is 129 Å². The first-order valence-electron chi connectivity index (χ1n) is 5.45. The van der Waals surface area contributed by atoms with Crippen molar-refractivity contribution in [3.63, 3.8) is 0 Å². The zero-order valence-electron chi connectivity index (χ0n) is 10.3. The number of halogens is 3. The van der Waals surface area contributed by atoms with Crippen molar-refractivity contribution in [2.45, 2.75) is 10.8 Å². The Hall–Kier alpha value is -1.05. The maximum atomic E-state index is 12.9. The van der Waals surface area contributed by atoms with Crippen LogP contribution in [0.3, 0.4) is 0 Å². The SMILES string of the molecule is CN(c1ccc(F)cc1)S(=O)(=O)c1cc(CCl)oc1Br. The topological polar surface area (TPSA) is 50.5 Å². The molecule has 20 heavy (non-hydrogen) atoms. The van der Waals surface area contributed by atoms with Crippen LogP contribution in [0.4, 0.5) is 10.1 Å². The molecule has 0 atom stereocenters. The largest absolute Gasteiger partial charge is 0.452 e. The quantitative estimate of drug-likeness (QED) is 0.757. The van der Waals surface area contributed by atoms with E-state index >= 15 is 0 Å². The molecule has 4 nitrogen and oxygen atoms in total. The van der Waals surface area contributed by atoms with Gasteiger partial charge < -0.3 is 4.42 Å². The van der Waals surface area contributed by atoms with Crippen molar-refractivity contribution in [3.8, 4) is 0 Å². The van der Waals surface area contributed by atoms with Crippen LogP contribution in [0.5, 0.6) is 0 Å². The van der Waals surface area contributed by atoms with E-state index < -0.39 is 15.8 Å². The maximum Gasteiger partial charge on any atom is 0.268 e. The summed E-state index contributed by atoms with van der Waals surface area (Å²) in [5, 5.41) is 0. The molecule has 0 fully saturated rings. The normalized spacial score (nSPS) is 11.6. The fraction of sp³-hybridized carbons (Fsp3) is 0.167. The van der Waals surface area contributed by atoms with Crippen molar-refractivity contribution in [1.29, 1.82) is 0 Å². The van der Waals surface area contributed by atoms with Gasteiger partial charge in [-0.1, -0.05) is 0 Å². The van der Waals surface area contributed by atoms with Gasteiger partial charge in [-0.15, -0.1) is 11.6 Å². The molecule has 0 spiro atoms. The summed E-state index contributed by atoms with van der Waals surface area (Å²) >= 11 is 8.67. The molecule has 0 radical (unpaired) electrons. The minimum Gasteiger partial charge on any atom is -0.452 e. The average Bonchev–Trinajstić information content (AvgIpc) is 2.81. The van der Waals surface area contributed by atoms with Crippen molar-refractivity contribution in [3.05, 3.63) is 46.6 Å². The van der Waals surface area contributed by atoms with Crippen LogP contribution in [-0.4, -0.2) is 15.5 Å². The van der Waals surface area contributed by atoms with Gasteiger partial charge in [0, 0.05) is 13.1 Å². The number of nitrogens with zero attached hydrogens (tertiary/aromatic N) is 1. The second-order valence-corrected chi connectivity index (χ2v) is 6.86. The van der Waals surface area contributed by atoms with Gasteiger partial charge in [-0.05, 0) is 40.2 Å². The summed E-state index contributed by atoms with van der Waals surface area (Å²) in [6.45, 7) is 0. The van der Waals surface area contributed by atoms with Crippen molar-refractivity contribution in [2.24, 2.45) is 0 Å². The number of benzene rings is 1. The van der Waals surface area contributed by atoms with Gasteiger partial charge in [0.2, 0.25) is 0 Å². The predicted molar refractivity (Wildman–Crippen MR) is 78.0 cm³/mol. The summed E-state index contributed by atoms with van der Waals surface area (Å²) in [7, 11) is -2.44. The molecule has 2 rings (SSSR count). The lowest BCUT2D eigenvalue weighted by molar-refractivity contribution is 0.498. The first-order valence-corrected chi connectivity index (χ1v) is 8.21. The van der Waals surface area contributed by atoms with Crippen LogP contribution < -0.4 is 4.31 Å². The maximum absolute atomic E-state index is 12.9. The van der Waals surface area contributed by atoms with Crippen LogP contribution in [0.25, 0.3) is 0 Å². The summed E-state index contributed by atoms with van der Waals surface area (Å²) in [6, 6.07) is 6.49. The van der Waals surface area contributed by atoms with Crippen LogP contribution in [0.2, 0.25) is 0 Å². The first kappa shape index (κ1) is 15.3. The van der Waals surface area contributed by atoms with E-state index in [0.29, 0.717) is 11.4 Å². The minimum absolute atomic E-state index is 0.0278. The lowest BCUT2D eigenvalue weighted by Crippen LogP contribution is -2.26. The number of hydrogen-bond donors (Lipinski definition) is 0. The van der Waals surface area contributed by atoms with E-state index in [0.717, 1.165) is 4.31 Å². The highest BCUT2D eigenvalue weighted by atomic mass is 79.9. The fourth-order valence-electron chi connectivity index (χ4n) is 1.58. The number of anilines is 1. The third-order valence-corrected chi connectivity index (χ3v) is 5.57. The number of furan rings is 1. The summed E-state index contributed by atoms with van der Waals surface area (Å²) in [6.07, 6.45) is 0. The third kappa shape index (κ3) is 2.84. The van der Waals surface area contributed by atoms with E-state index in [1.54, 1.807) is 0 Å². The molecule has 0 bridgehead atoms. The summed E-state index contributed by atoms with van der Waals surface area (Å²) < 4.78 is 44.1. The lowest BCUT2D eigenvalue weighted by Gasteiger charge is -2.18. The molecule has 0 unspecified atom stereocenters. The lowest BCUT2D eigenvalue weighted by atomic mass is 10.3. The molecule has 0 N–H and O–H groups in total. The molecule has 1 heterocycles. The second kappa shape index (κ2) is 5.75. The highest BCUT2D eigenvalue weighted by Crippen LogP contribution is 2.31. The standard InChI is InChI=1S/C12H10BrClFNO3S/c1-16(9-4-2-8(15)3-5-9)20(17,18)11-6-10(7-14)19-12(11)13/h2-6H,7H2,1H3. The van der Waals surface area contributed by atoms with Gasteiger partial charge in [0.1, 0.15) is 16.5 Å². The molecule has 0 saturated heterocycles. The Morgan fingerprint density at radius 3 is 2.45 bits per heavy atom. The van der Waals surface area contributed by atoms with Gasteiger partial charge in [-0.25, -0.2) is 12.8 Å². The molecule has 1 aromatic carbocycles. The third-order valence-electron chi connectivity index (χ3n) is 2.67. The Kier molecular flexibility index (Phi) is 4.41. The minimum atomic E-state index is -3.81. The van der Waals surface area contributed by atoms with Crippen molar-refractivity contribution < 1.29 is 17.2 Å². The Morgan fingerprint density at radius 2 is 1.95 bits per heavy atom. The molecule has 2 aromatic rings. The van der Waals surface area contributed by atoms with Crippen LogP contribution >= 0.6 is 27.5 Å². The summed E-state index contributed by atoms with van der Waals surface area (Å²) in [5.41, 5.74) is 0.340. The van der Waals surface area contributed by atoms with Crippen LogP contribution in [-0.2, 0) is 15.9 Å². The molecule has 108 valence electrons. The molecule has 8 heteroatoms. The van der Waals surface area contributed by atoms with Crippen LogP contribution in [0.1, 0.15) is 5.76 Å². The van der Waals surface area contributed by atoms with Gasteiger partial charge in [-0.2, -0.15) is 0 Å². The number of rotatable bonds is 4. The van der Waals surface area contributed by atoms with Crippen molar-refractivity contribution >= 4 is 43.2 Å². The molecular formula is C12H10BrClFNO3S. The molecule has 1 aromatic heterocycles. The summed E-state index contributed by atoms with van der Waals surface area (Å²) in [5.74, 6) is -0.0351. The second-order valence-electron chi connectivity index (χ2n) is 3.93. The highest BCUT2D eigenvalue weighted by molar-refractivity contribution is 9.10. The van der Waals surface area contributed by atoms with Gasteiger partial charge >= 0.3 is 0 Å². The van der Waals surface area contributed by atoms with Gasteiger partial charge in [-0.3, -0.25) is 4.31 Å². The Bertz CT molecular complexity index is 715. The summed E-state index contributed by atoms with van der Waals surface area (Å²) in [4.78, 5) is -0.0278. The van der Waals surface area contributed by atoms with Gasteiger partial charge in [0.05, 0.1) is 11.6 Å². The fourth-order valence-corrected chi connectivity index (χ4v) is 3.86. The van der Waals surface area contributed by atoms with Gasteiger partial charge in [0.15, 0.2) is 4.67 Å². The van der Waals surface area contributed by atoms with E-state index in [-0.39, 0.29) is 15.4 Å². The number of sulfonamides is 1. The predicted octanol–water partition coefficient (Wildman–Crippen LogP) is 3.75. The monoisotopic (exact) mass is 381 g/mol. The molecule has 0 aliphatic carbocycles. The van der Waals surface area contributed by atoms with Crippen molar-refractivity contribution in [1.82, 2.24) is 0 Å². The number of alkyl halides is 1. The van der Waals surface area contributed by atoms with Crippen molar-refractivity contribution in [2.75, 3.05) is 11.4 Å². The molecule has 0 amide bonds. The molecular weight excluding hydrogens is 373 g/mol. The molecule has 0 aliphatic heterocycles. The van der Waals surface area contributed by atoms with E-state index in [9.17, 15) is 12.8 Å². The zero-order valence-corrected chi connectivity index (χ0v) is 13.5. The smallest absolute Gasteiger partial charge is 0.268 e. The van der Waals surface area contributed by atoms with Crippen LogP contribution in [0, 0.1) is 5.82 Å². The Morgan fingerprint density at radius 1 is 1.35 bits per heavy atom. The van der Waals surface area contributed by atoms with Gasteiger partial charge in [0.25, 0.3) is 10.0 Å². The van der Waals surface area contributed by atoms with E-state index in [1.165, 1.54) is 37.4 Å². The van der Waals surface area contributed by atoms with E-state index in [4.69, 9.17) is 16.0 Å².